The van der Waals surface area contributed by atoms with Crippen molar-refractivity contribution < 1.29 is 14.3 Å². The van der Waals surface area contributed by atoms with Crippen LogP contribution >= 0.6 is 0 Å². The van der Waals surface area contributed by atoms with Crippen molar-refractivity contribution in [3.8, 4) is 0 Å². The number of anilines is 1. The molecule has 3 rings (SSSR count). The summed E-state index contributed by atoms with van der Waals surface area (Å²) in [5.74, 6) is 0.108. The average Bonchev–Trinajstić information content (AvgIpc) is 2.94. The molecule has 2 atom stereocenters. The summed E-state index contributed by atoms with van der Waals surface area (Å²) in [7, 11) is 0. The van der Waals surface area contributed by atoms with Gasteiger partial charge in [0.05, 0.1) is 6.10 Å². The normalized spacial score (nSPS) is 19.5. The number of carbonyl (C=O) groups excluding carboxylic acids is 1. The molecular weight excluding hydrogens is 308 g/mol. The Hall–Kier alpha value is -2.18. The molecule has 0 aliphatic carbocycles. The van der Waals surface area contributed by atoms with E-state index in [4.69, 9.17) is 4.42 Å². The molecule has 0 radical (unpaired) electrons. The van der Waals surface area contributed by atoms with Gasteiger partial charge in [-0.2, -0.15) is 0 Å². The number of nitrogens with one attached hydrogen (secondary N) is 1. The zero-order chi connectivity index (χ0) is 17.3. The van der Waals surface area contributed by atoms with Gasteiger partial charge in [-0.3, -0.25) is 9.69 Å². The van der Waals surface area contributed by atoms with Crippen LogP contribution in [0.3, 0.4) is 0 Å². The van der Waals surface area contributed by atoms with Crippen LogP contribution in [0.2, 0.25) is 0 Å². The molecule has 1 aliphatic rings. The Morgan fingerprint density at radius 1 is 1.46 bits per heavy atom. The van der Waals surface area contributed by atoms with Gasteiger partial charge < -0.3 is 14.8 Å². The fraction of sp³-hybridized carbons (Fsp3) is 0.444. The highest BCUT2D eigenvalue weighted by molar-refractivity contribution is 5.92. The quantitative estimate of drug-likeness (QED) is 0.837. The molecule has 2 heterocycles. The van der Waals surface area contributed by atoms with Crippen molar-refractivity contribution in [2.24, 2.45) is 5.92 Å². The summed E-state index contributed by atoms with van der Waals surface area (Å²) in [6.45, 7) is 5.63. The van der Waals surface area contributed by atoms with E-state index in [-0.39, 0.29) is 17.9 Å². The molecule has 128 valence electrons. The standard InChI is InChI=1S/C18H22N2O4/c1-11(21)13-5-6-20(9-13)10-14-7-18(23)24-17-8-15(19-12(2)22)3-4-16(14)17/h3-4,7-8,11,13,21H,5-6,9-10H2,1-2H3,(H,19,22). The van der Waals surface area contributed by atoms with Crippen LogP contribution in [0.15, 0.2) is 33.5 Å². The zero-order valence-corrected chi connectivity index (χ0v) is 13.9. The van der Waals surface area contributed by atoms with E-state index in [2.05, 4.69) is 10.2 Å². The predicted molar refractivity (Wildman–Crippen MR) is 91.9 cm³/mol. The van der Waals surface area contributed by atoms with Crippen molar-refractivity contribution in [2.75, 3.05) is 18.4 Å². The third kappa shape index (κ3) is 3.66. The van der Waals surface area contributed by atoms with Crippen LogP contribution in [-0.2, 0) is 11.3 Å². The molecule has 1 aromatic heterocycles. The van der Waals surface area contributed by atoms with Crippen LogP contribution in [0.1, 0.15) is 25.8 Å². The molecule has 1 amide bonds. The van der Waals surface area contributed by atoms with Gasteiger partial charge in [0.1, 0.15) is 5.58 Å². The first kappa shape index (κ1) is 16.7. The molecule has 24 heavy (non-hydrogen) atoms. The average molecular weight is 330 g/mol. The second-order valence-corrected chi connectivity index (χ2v) is 6.51. The summed E-state index contributed by atoms with van der Waals surface area (Å²) in [5.41, 5.74) is 1.58. The highest BCUT2D eigenvalue weighted by Crippen LogP contribution is 2.25. The third-order valence-corrected chi connectivity index (χ3v) is 4.54. The van der Waals surface area contributed by atoms with Gasteiger partial charge in [-0.15, -0.1) is 0 Å². The van der Waals surface area contributed by atoms with Crippen LogP contribution in [0, 0.1) is 5.92 Å². The second-order valence-electron chi connectivity index (χ2n) is 6.51. The molecule has 1 fully saturated rings. The lowest BCUT2D eigenvalue weighted by Crippen LogP contribution is -2.24. The first-order valence-corrected chi connectivity index (χ1v) is 8.17. The molecule has 1 saturated heterocycles. The summed E-state index contributed by atoms with van der Waals surface area (Å²) in [6, 6.07) is 6.86. The minimum absolute atomic E-state index is 0.172. The number of benzene rings is 1. The number of hydrogen-bond acceptors (Lipinski definition) is 5. The molecule has 2 aromatic rings. The number of likely N-dealkylation sites (tertiary alicyclic amines) is 1. The molecule has 1 aromatic carbocycles. The fourth-order valence-corrected chi connectivity index (χ4v) is 3.28. The Balaban J connectivity index is 1.88. The molecular formula is C18H22N2O4. The summed E-state index contributed by atoms with van der Waals surface area (Å²) >= 11 is 0. The van der Waals surface area contributed by atoms with Crippen LogP contribution in [-0.4, -0.2) is 35.1 Å². The fourth-order valence-electron chi connectivity index (χ4n) is 3.28. The first-order chi connectivity index (χ1) is 11.4. The SMILES string of the molecule is CC(=O)Nc1ccc2c(CN3CCC(C(C)O)C3)cc(=O)oc2c1. The maximum Gasteiger partial charge on any atom is 0.336 e. The lowest BCUT2D eigenvalue weighted by Gasteiger charge is -2.18. The van der Waals surface area contributed by atoms with Crippen molar-refractivity contribution in [3.05, 3.63) is 40.2 Å². The molecule has 2 N–H and O–H groups in total. The summed E-state index contributed by atoms with van der Waals surface area (Å²) in [6.07, 6.45) is 0.650. The van der Waals surface area contributed by atoms with E-state index in [1.54, 1.807) is 12.1 Å². The third-order valence-electron chi connectivity index (χ3n) is 4.54. The Kier molecular flexibility index (Phi) is 4.69. The van der Waals surface area contributed by atoms with Crippen LogP contribution in [0.4, 0.5) is 5.69 Å². The number of fused-ring (bicyclic) bond motifs is 1. The van der Waals surface area contributed by atoms with Gasteiger partial charge in [0.15, 0.2) is 0 Å². The van der Waals surface area contributed by atoms with Gasteiger partial charge >= 0.3 is 5.63 Å². The topological polar surface area (TPSA) is 82.8 Å². The highest BCUT2D eigenvalue weighted by atomic mass is 16.4. The first-order valence-electron chi connectivity index (χ1n) is 8.17. The summed E-state index contributed by atoms with van der Waals surface area (Å²) in [5, 5.41) is 13.3. The Morgan fingerprint density at radius 2 is 2.25 bits per heavy atom. The number of carbonyl (C=O) groups is 1. The van der Waals surface area contributed by atoms with Crippen molar-refractivity contribution in [2.45, 2.75) is 32.9 Å². The van der Waals surface area contributed by atoms with Gasteiger partial charge in [-0.1, -0.05) is 0 Å². The lowest BCUT2D eigenvalue weighted by atomic mass is 10.0. The lowest BCUT2D eigenvalue weighted by molar-refractivity contribution is -0.114. The molecule has 2 unspecified atom stereocenters. The Bertz CT molecular complexity index is 812. The summed E-state index contributed by atoms with van der Waals surface area (Å²) < 4.78 is 5.28. The maximum absolute atomic E-state index is 11.9. The van der Waals surface area contributed by atoms with E-state index in [0.29, 0.717) is 17.8 Å². The van der Waals surface area contributed by atoms with E-state index in [1.165, 1.54) is 13.0 Å². The number of nitrogens with zero attached hydrogens (tertiary/aromatic N) is 1. The van der Waals surface area contributed by atoms with E-state index < -0.39 is 5.63 Å². The number of rotatable bonds is 4. The van der Waals surface area contributed by atoms with Gasteiger partial charge in [0.2, 0.25) is 5.91 Å². The molecule has 0 bridgehead atoms. The zero-order valence-electron chi connectivity index (χ0n) is 13.9. The number of aliphatic hydroxyl groups is 1. The van der Waals surface area contributed by atoms with E-state index in [9.17, 15) is 14.7 Å². The van der Waals surface area contributed by atoms with Gasteiger partial charge in [-0.25, -0.2) is 4.79 Å². The van der Waals surface area contributed by atoms with E-state index in [1.807, 2.05) is 13.0 Å². The highest BCUT2D eigenvalue weighted by Gasteiger charge is 2.26. The van der Waals surface area contributed by atoms with E-state index >= 15 is 0 Å². The maximum atomic E-state index is 11.9. The molecule has 6 heteroatoms. The van der Waals surface area contributed by atoms with Crippen molar-refractivity contribution in [1.82, 2.24) is 4.90 Å². The van der Waals surface area contributed by atoms with Crippen molar-refractivity contribution in [1.29, 1.82) is 0 Å². The molecule has 0 saturated carbocycles. The van der Waals surface area contributed by atoms with Gasteiger partial charge in [0.25, 0.3) is 0 Å². The number of amides is 1. The monoisotopic (exact) mass is 330 g/mol. The molecule has 0 spiro atoms. The Labute approximate surface area is 140 Å². The number of aliphatic hydroxyl groups excluding tert-OH is 1. The largest absolute Gasteiger partial charge is 0.423 e. The van der Waals surface area contributed by atoms with Crippen LogP contribution in [0.5, 0.6) is 0 Å². The van der Waals surface area contributed by atoms with E-state index in [0.717, 1.165) is 30.5 Å². The van der Waals surface area contributed by atoms with Crippen molar-refractivity contribution >= 4 is 22.6 Å². The van der Waals surface area contributed by atoms with Crippen LogP contribution in [0.25, 0.3) is 11.0 Å². The van der Waals surface area contributed by atoms with Crippen LogP contribution < -0.4 is 10.9 Å². The van der Waals surface area contributed by atoms with Gasteiger partial charge in [-0.05, 0) is 43.5 Å². The minimum Gasteiger partial charge on any atom is -0.423 e. The van der Waals surface area contributed by atoms with Crippen molar-refractivity contribution in [3.63, 3.8) is 0 Å². The molecule has 6 nitrogen and oxygen atoms in total. The Morgan fingerprint density at radius 3 is 2.92 bits per heavy atom. The predicted octanol–water partition coefficient (Wildman–Crippen LogP) is 1.95. The number of hydrogen-bond donors (Lipinski definition) is 2. The second kappa shape index (κ2) is 6.75. The smallest absolute Gasteiger partial charge is 0.336 e. The molecule has 1 aliphatic heterocycles. The summed E-state index contributed by atoms with van der Waals surface area (Å²) in [4.78, 5) is 25.3. The van der Waals surface area contributed by atoms with Gasteiger partial charge in [0, 0.05) is 43.2 Å². The minimum atomic E-state index is -0.399.